The Morgan fingerprint density at radius 1 is 1.08 bits per heavy atom. The first-order valence-electron chi connectivity index (χ1n) is 11.7. The molecule has 0 aliphatic carbocycles. The van der Waals surface area contributed by atoms with E-state index in [4.69, 9.17) is 9.84 Å². The summed E-state index contributed by atoms with van der Waals surface area (Å²) in [5.74, 6) is 0.958. The van der Waals surface area contributed by atoms with Gasteiger partial charge in [-0.15, -0.1) is 0 Å². The van der Waals surface area contributed by atoms with Crippen LogP contribution in [0.25, 0.3) is 39.5 Å². The molecular weight excluding hydrogens is 450 g/mol. The summed E-state index contributed by atoms with van der Waals surface area (Å²) < 4.78 is 7.59. The molecule has 5 rings (SSSR count). The molecule has 7 nitrogen and oxygen atoms in total. The highest BCUT2D eigenvalue weighted by molar-refractivity contribution is 5.91. The van der Waals surface area contributed by atoms with Gasteiger partial charge in [0, 0.05) is 17.3 Å². The van der Waals surface area contributed by atoms with Crippen molar-refractivity contribution in [2.24, 2.45) is 0 Å². The summed E-state index contributed by atoms with van der Waals surface area (Å²) in [7, 11) is 0. The Hall–Kier alpha value is -4.96. The number of rotatable bonds is 7. The molecule has 3 aromatic carbocycles. The second-order valence-corrected chi connectivity index (χ2v) is 8.19. The number of para-hydroxylation sites is 2. The van der Waals surface area contributed by atoms with Gasteiger partial charge in [-0.25, -0.2) is 9.67 Å². The van der Waals surface area contributed by atoms with Crippen LogP contribution < -0.4 is 10.3 Å². The van der Waals surface area contributed by atoms with E-state index in [2.05, 4.69) is 23.0 Å². The predicted octanol–water partition coefficient (Wildman–Crippen LogP) is 5.63. The number of aromatic nitrogens is 4. The Balaban J connectivity index is 1.65. The van der Waals surface area contributed by atoms with Crippen LogP contribution in [0.4, 0.5) is 0 Å². The van der Waals surface area contributed by atoms with E-state index < -0.39 is 0 Å². The summed E-state index contributed by atoms with van der Waals surface area (Å²) in [4.78, 5) is 19.9. The number of hydrogen-bond donors (Lipinski definition) is 1. The van der Waals surface area contributed by atoms with E-state index in [1.165, 1.54) is 0 Å². The van der Waals surface area contributed by atoms with E-state index >= 15 is 0 Å². The minimum absolute atomic E-state index is 0.208. The summed E-state index contributed by atoms with van der Waals surface area (Å²) in [5.41, 5.74) is 3.58. The lowest BCUT2D eigenvalue weighted by atomic mass is 10.1. The van der Waals surface area contributed by atoms with Crippen LogP contribution in [0.3, 0.4) is 0 Å². The number of nitrogens with one attached hydrogen (secondary N) is 1. The average molecular weight is 474 g/mol. The molecule has 2 aromatic heterocycles. The Kier molecular flexibility index (Phi) is 6.41. The van der Waals surface area contributed by atoms with Gasteiger partial charge in [0.05, 0.1) is 28.8 Å². The van der Waals surface area contributed by atoms with Crippen LogP contribution >= 0.6 is 0 Å². The molecule has 0 aliphatic heterocycles. The highest BCUT2D eigenvalue weighted by Gasteiger charge is 2.15. The Bertz CT molecular complexity index is 1660. The highest BCUT2D eigenvalue weighted by atomic mass is 16.5. The van der Waals surface area contributed by atoms with Crippen LogP contribution in [0.15, 0.2) is 89.9 Å². The zero-order valence-electron chi connectivity index (χ0n) is 19.7. The molecule has 1 N–H and O–H groups in total. The minimum Gasteiger partial charge on any atom is -0.494 e. The maximum Gasteiger partial charge on any atom is 0.259 e. The molecule has 2 heterocycles. The van der Waals surface area contributed by atoms with Gasteiger partial charge >= 0.3 is 0 Å². The zero-order chi connectivity index (χ0) is 24.9. The van der Waals surface area contributed by atoms with Crippen molar-refractivity contribution in [3.63, 3.8) is 0 Å². The molecule has 176 valence electrons. The smallest absolute Gasteiger partial charge is 0.259 e. The number of benzene rings is 3. The average Bonchev–Trinajstić information content (AvgIpc) is 3.35. The molecule has 7 heteroatoms. The van der Waals surface area contributed by atoms with Crippen LogP contribution in [0.1, 0.15) is 24.7 Å². The Morgan fingerprint density at radius 3 is 2.69 bits per heavy atom. The summed E-state index contributed by atoms with van der Waals surface area (Å²) in [6.45, 7) is 2.68. The molecule has 0 saturated carbocycles. The molecule has 36 heavy (non-hydrogen) atoms. The molecule has 0 unspecified atom stereocenters. The van der Waals surface area contributed by atoms with Crippen molar-refractivity contribution < 1.29 is 4.74 Å². The van der Waals surface area contributed by atoms with Crippen LogP contribution in [-0.2, 0) is 0 Å². The lowest BCUT2D eigenvalue weighted by molar-refractivity contribution is 0.317. The van der Waals surface area contributed by atoms with E-state index in [1.54, 1.807) is 29.0 Å². The zero-order valence-corrected chi connectivity index (χ0v) is 19.7. The van der Waals surface area contributed by atoms with Crippen molar-refractivity contribution in [3.8, 4) is 28.8 Å². The summed E-state index contributed by atoms with van der Waals surface area (Å²) in [6.07, 6.45) is 4.47. The van der Waals surface area contributed by atoms with E-state index in [1.807, 2.05) is 66.9 Å². The third-order valence-electron chi connectivity index (χ3n) is 5.63. The number of aromatic amines is 1. The molecule has 0 aliphatic rings. The van der Waals surface area contributed by atoms with Crippen LogP contribution in [0, 0.1) is 11.3 Å². The monoisotopic (exact) mass is 473 g/mol. The van der Waals surface area contributed by atoms with Crippen molar-refractivity contribution in [1.82, 2.24) is 19.7 Å². The van der Waals surface area contributed by atoms with Crippen molar-refractivity contribution in [3.05, 3.63) is 107 Å². The third-order valence-corrected chi connectivity index (χ3v) is 5.63. The van der Waals surface area contributed by atoms with Gasteiger partial charge in [-0.05, 0) is 48.9 Å². The van der Waals surface area contributed by atoms with Crippen molar-refractivity contribution in [2.45, 2.75) is 13.3 Å². The van der Waals surface area contributed by atoms with E-state index in [0.717, 1.165) is 23.4 Å². The predicted molar refractivity (Wildman–Crippen MR) is 141 cm³/mol. The van der Waals surface area contributed by atoms with E-state index in [-0.39, 0.29) is 17.0 Å². The third kappa shape index (κ3) is 4.65. The Morgan fingerprint density at radius 2 is 1.89 bits per heavy atom. The molecular formula is C29H23N5O2. The maximum absolute atomic E-state index is 12.6. The van der Waals surface area contributed by atoms with Gasteiger partial charge in [0.2, 0.25) is 0 Å². The number of fused-ring (bicyclic) bond motifs is 1. The van der Waals surface area contributed by atoms with Crippen LogP contribution in [-0.4, -0.2) is 26.4 Å². The lowest BCUT2D eigenvalue weighted by Gasteiger charge is -2.07. The van der Waals surface area contributed by atoms with Gasteiger partial charge in [0.15, 0.2) is 5.82 Å². The summed E-state index contributed by atoms with van der Waals surface area (Å²) in [5, 5.41) is 15.3. The van der Waals surface area contributed by atoms with Gasteiger partial charge in [0.1, 0.15) is 17.5 Å². The fourth-order valence-corrected chi connectivity index (χ4v) is 3.91. The van der Waals surface area contributed by atoms with Crippen LogP contribution in [0.2, 0.25) is 0 Å². The quantitative estimate of drug-likeness (QED) is 0.309. The number of allylic oxidation sites excluding steroid dienone is 1. The van der Waals surface area contributed by atoms with Gasteiger partial charge < -0.3 is 9.72 Å². The molecule has 0 radical (unpaired) electrons. The number of H-pyrrole nitrogens is 1. The topological polar surface area (TPSA) is 96.6 Å². The van der Waals surface area contributed by atoms with Gasteiger partial charge in [-0.3, -0.25) is 4.79 Å². The van der Waals surface area contributed by atoms with Gasteiger partial charge in [-0.2, -0.15) is 10.4 Å². The minimum atomic E-state index is -0.294. The van der Waals surface area contributed by atoms with E-state index in [0.29, 0.717) is 28.8 Å². The summed E-state index contributed by atoms with van der Waals surface area (Å²) in [6, 6.07) is 26.7. The largest absolute Gasteiger partial charge is 0.494 e. The first-order valence-corrected chi connectivity index (χ1v) is 11.7. The number of ether oxygens (including phenoxy) is 1. The Labute approximate surface area is 207 Å². The van der Waals surface area contributed by atoms with Gasteiger partial charge in [-0.1, -0.05) is 49.4 Å². The highest BCUT2D eigenvalue weighted by Crippen LogP contribution is 2.29. The fourth-order valence-electron chi connectivity index (χ4n) is 3.91. The molecule has 0 saturated heterocycles. The molecule has 0 bridgehead atoms. The van der Waals surface area contributed by atoms with Gasteiger partial charge in [0.25, 0.3) is 5.56 Å². The second kappa shape index (κ2) is 10.1. The molecule has 5 aromatic rings. The SMILES string of the molecule is CCCOc1cccc(-c2nn(-c3ccccc3)cc2/C=C(\C#N)c2nc3ccccc3c(=O)[nH]2)c1. The lowest BCUT2D eigenvalue weighted by Crippen LogP contribution is -2.11. The number of nitrogens with zero attached hydrogens (tertiary/aromatic N) is 4. The maximum atomic E-state index is 12.6. The first kappa shape index (κ1) is 22.8. The van der Waals surface area contributed by atoms with E-state index in [9.17, 15) is 10.1 Å². The van der Waals surface area contributed by atoms with Crippen molar-refractivity contribution >= 4 is 22.6 Å². The second-order valence-electron chi connectivity index (χ2n) is 8.19. The normalized spacial score (nSPS) is 11.4. The fraction of sp³-hybridized carbons (Fsp3) is 0.103. The standard InChI is InChI=1S/C29H23N5O2/c1-2-15-36-24-12-8-9-20(17-24)27-22(19-34(33-27)23-10-4-3-5-11-23)16-21(18-30)28-31-26-14-7-6-13-25(26)29(35)32-28/h3-14,16-17,19H,2,15H2,1H3,(H,31,32,35)/b21-16+. The number of hydrogen-bond acceptors (Lipinski definition) is 5. The molecule has 0 spiro atoms. The first-order chi connectivity index (χ1) is 17.7. The summed E-state index contributed by atoms with van der Waals surface area (Å²) >= 11 is 0. The number of nitriles is 1. The van der Waals surface area contributed by atoms with Crippen molar-refractivity contribution in [1.29, 1.82) is 5.26 Å². The molecule has 0 fully saturated rings. The van der Waals surface area contributed by atoms with Crippen molar-refractivity contribution in [2.75, 3.05) is 6.61 Å². The molecule has 0 atom stereocenters. The van der Waals surface area contributed by atoms with Crippen LogP contribution in [0.5, 0.6) is 5.75 Å². The molecule has 0 amide bonds.